The molecule has 0 aliphatic heterocycles. The third kappa shape index (κ3) is 4.98. The summed E-state index contributed by atoms with van der Waals surface area (Å²) >= 11 is 0. The van der Waals surface area contributed by atoms with Crippen LogP contribution in [-0.2, 0) is 5.41 Å². The molecule has 0 bridgehead atoms. The van der Waals surface area contributed by atoms with Crippen LogP contribution in [-0.4, -0.2) is 9.97 Å². The average molecular weight is 715 g/mol. The maximum absolute atomic E-state index is 6.20. The van der Waals surface area contributed by atoms with Gasteiger partial charge in [0, 0.05) is 27.5 Å². The number of furan rings is 1. The molecule has 0 atom stereocenters. The molecule has 2 aromatic heterocycles. The first-order valence-electron chi connectivity index (χ1n) is 19.1. The van der Waals surface area contributed by atoms with E-state index < -0.39 is 5.41 Å². The predicted octanol–water partition coefficient (Wildman–Crippen LogP) is 13.4. The van der Waals surface area contributed by atoms with E-state index in [1.54, 1.807) is 0 Å². The minimum absolute atomic E-state index is 0.451. The molecule has 0 saturated heterocycles. The van der Waals surface area contributed by atoms with Crippen LogP contribution in [0.25, 0.3) is 78.1 Å². The lowest BCUT2D eigenvalue weighted by atomic mass is 9.67. The van der Waals surface area contributed by atoms with Gasteiger partial charge >= 0.3 is 0 Å². The molecule has 0 radical (unpaired) electrons. The molecule has 262 valence electrons. The van der Waals surface area contributed by atoms with Crippen molar-refractivity contribution in [2.24, 2.45) is 0 Å². The Labute approximate surface area is 325 Å². The molecule has 56 heavy (non-hydrogen) atoms. The monoisotopic (exact) mass is 714 g/mol. The molecule has 3 nitrogen and oxygen atoms in total. The van der Waals surface area contributed by atoms with E-state index in [-0.39, 0.29) is 0 Å². The minimum atomic E-state index is -0.451. The van der Waals surface area contributed by atoms with Gasteiger partial charge in [0.05, 0.1) is 16.8 Å². The van der Waals surface area contributed by atoms with Gasteiger partial charge in [0.15, 0.2) is 5.82 Å². The summed E-state index contributed by atoms with van der Waals surface area (Å²) in [5.74, 6) is 0.695. The number of nitrogens with zero attached hydrogens (tertiary/aromatic N) is 2. The summed E-state index contributed by atoms with van der Waals surface area (Å²) in [4.78, 5) is 10.4. The standard InChI is InChI=1S/C53H34N2O/c1-4-15-37(16-5-1)52-54-47(36-29-27-35(28-30-36)41-23-14-26-50-51(41)43-22-11-13-25-49(43)56-50)34-48(55-52)38-31-32-46-44(33-38)42-21-10-12-24-45(42)53(46,39-17-6-2-7-18-39)40-19-8-3-9-20-40/h1-34H. The second-order valence-corrected chi connectivity index (χ2v) is 14.5. The van der Waals surface area contributed by atoms with E-state index in [2.05, 4.69) is 170 Å². The van der Waals surface area contributed by atoms with Gasteiger partial charge in [-0.2, -0.15) is 0 Å². The molecule has 0 fully saturated rings. The topological polar surface area (TPSA) is 38.9 Å². The Morgan fingerprint density at radius 2 is 0.911 bits per heavy atom. The van der Waals surface area contributed by atoms with Gasteiger partial charge in [-0.25, -0.2) is 9.97 Å². The highest BCUT2D eigenvalue weighted by Crippen LogP contribution is 2.56. The number of fused-ring (bicyclic) bond motifs is 6. The number of para-hydroxylation sites is 1. The zero-order valence-electron chi connectivity index (χ0n) is 30.4. The van der Waals surface area contributed by atoms with Crippen molar-refractivity contribution in [3.63, 3.8) is 0 Å². The van der Waals surface area contributed by atoms with Gasteiger partial charge in [0.1, 0.15) is 11.2 Å². The van der Waals surface area contributed by atoms with Gasteiger partial charge in [0.25, 0.3) is 0 Å². The summed E-state index contributed by atoms with van der Waals surface area (Å²) < 4.78 is 6.20. The Morgan fingerprint density at radius 3 is 1.66 bits per heavy atom. The smallest absolute Gasteiger partial charge is 0.160 e. The Balaban J connectivity index is 1.06. The predicted molar refractivity (Wildman–Crippen MR) is 228 cm³/mol. The van der Waals surface area contributed by atoms with Gasteiger partial charge in [-0.3, -0.25) is 0 Å². The maximum Gasteiger partial charge on any atom is 0.160 e. The van der Waals surface area contributed by atoms with Crippen molar-refractivity contribution < 1.29 is 4.42 Å². The van der Waals surface area contributed by atoms with Crippen molar-refractivity contribution in [2.45, 2.75) is 5.41 Å². The van der Waals surface area contributed by atoms with Crippen LogP contribution in [0.3, 0.4) is 0 Å². The van der Waals surface area contributed by atoms with Crippen LogP contribution in [0.5, 0.6) is 0 Å². The fraction of sp³-hybridized carbons (Fsp3) is 0.0189. The molecule has 0 amide bonds. The number of aromatic nitrogens is 2. The molecule has 1 aliphatic carbocycles. The van der Waals surface area contributed by atoms with Crippen molar-refractivity contribution in [1.29, 1.82) is 0 Å². The Bertz CT molecular complexity index is 3020. The molecular formula is C53H34N2O. The first-order valence-corrected chi connectivity index (χ1v) is 19.1. The molecule has 2 heterocycles. The Hall–Kier alpha value is -7.36. The quantitative estimate of drug-likeness (QED) is 0.172. The lowest BCUT2D eigenvalue weighted by molar-refractivity contribution is 0.669. The maximum atomic E-state index is 6.20. The molecule has 8 aromatic carbocycles. The van der Waals surface area contributed by atoms with Crippen molar-refractivity contribution >= 4 is 21.9 Å². The highest BCUT2D eigenvalue weighted by atomic mass is 16.3. The highest BCUT2D eigenvalue weighted by molar-refractivity contribution is 6.12. The first kappa shape index (κ1) is 32.1. The second kappa shape index (κ2) is 12.9. The van der Waals surface area contributed by atoms with Gasteiger partial charge in [-0.05, 0) is 68.8 Å². The summed E-state index contributed by atoms with van der Waals surface area (Å²) in [5.41, 5.74) is 15.9. The fourth-order valence-electron chi connectivity index (χ4n) is 8.90. The number of rotatable bonds is 6. The molecule has 10 aromatic rings. The average Bonchev–Trinajstić information content (AvgIpc) is 3.81. The summed E-state index contributed by atoms with van der Waals surface area (Å²) in [5, 5.41) is 2.25. The van der Waals surface area contributed by atoms with Crippen LogP contribution >= 0.6 is 0 Å². The summed E-state index contributed by atoms with van der Waals surface area (Å²) in [6.45, 7) is 0. The zero-order valence-corrected chi connectivity index (χ0v) is 30.4. The number of hydrogen-bond donors (Lipinski definition) is 0. The van der Waals surface area contributed by atoms with E-state index >= 15 is 0 Å². The third-order valence-electron chi connectivity index (χ3n) is 11.4. The van der Waals surface area contributed by atoms with Crippen molar-refractivity contribution in [2.75, 3.05) is 0 Å². The Morgan fingerprint density at radius 1 is 0.357 bits per heavy atom. The van der Waals surface area contributed by atoms with E-state index in [9.17, 15) is 0 Å². The third-order valence-corrected chi connectivity index (χ3v) is 11.4. The van der Waals surface area contributed by atoms with E-state index in [1.165, 1.54) is 33.4 Å². The summed E-state index contributed by atoms with van der Waals surface area (Å²) in [7, 11) is 0. The van der Waals surface area contributed by atoms with Crippen LogP contribution in [0, 0.1) is 0 Å². The van der Waals surface area contributed by atoms with Crippen LogP contribution in [0.1, 0.15) is 22.3 Å². The lowest BCUT2D eigenvalue weighted by Crippen LogP contribution is -2.28. The molecule has 0 N–H and O–H groups in total. The second-order valence-electron chi connectivity index (χ2n) is 14.5. The number of hydrogen-bond acceptors (Lipinski definition) is 3. The van der Waals surface area contributed by atoms with Gasteiger partial charge in [-0.1, -0.05) is 182 Å². The molecule has 0 saturated carbocycles. The van der Waals surface area contributed by atoms with E-state index in [0.717, 1.165) is 61.1 Å². The van der Waals surface area contributed by atoms with Gasteiger partial charge < -0.3 is 4.42 Å². The van der Waals surface area contributed by atoms with Crippen LogP contribution in [0.15, 0.2) is 211 Å². The molecule has 0 spiro atoms. The molecule has 3 heteroatoms. The van der Waals surface area contributed by atoms with Gasteiger partial charge in [-0.15, -0.1) is 0 Å². The molecule has 0 unspecified atom stereocenters. The van der Waals surface area contributed by atoms with E-state index in [0.29, 0.717) is 5.82 Å². The summed E-state index contributed by atoms with van der Waals surface area (Å²) in [6.07, 6.45) is 0. The zero-order chi connectivity index (χ0) is 37.1. The minimum Gasteiger partial charge on any atom is -0.456 e. The molecule has 11 rings (SSSR count). The molecule has 1 aliphatic rings. The van der Waals surface area contributed by atoms with E-state index in [1.807, 2.05) is 36.4 Å². The lowest BCUT2D eigenvalue weighted by Gasteiger charge is -2.33. The van der Waals surface area contributed by atoms with Crippen molar-refractivity contribution in [3.05, 3.63) is 229 Å². The SMILES string of the molecule is c1ccc(-c2nc(-c3ccc(-c4cccc5oc6ccccc6c45)cc3)cc(-c3ccc4c(c3)-c3ccccc3C4(c3ccccc3)c3ccccc3)n2)cc1. The van der Waals surface area contributed by atoms with Crippen LogP contribution in [0.4, 0.5) is 0 Å². The van der Waals surface area contributed by atoms with E-state index in [4.69, 9.17) is 14.4 Å². The molecular weight excluding hydrogens is 681 g/mol. The van der Waals surface area contributed by atoms with Crippen LogP contribution in [0.2, 0.25) is 0 Å². The Kier molecular flexibility index (Phi) is 7.39. The summed E-state index contributed by atoms with van der Waals surface area (Å²) in [6, 6.07) is 73.3. The first-order chi connectivity index (χ1) is 27.8. The normalized spacial score (nSPS) is 12.8. The largest absolute Gasteiger partial charge is 0.456 e. The van der Waals surface area contributed by atoms with Crippen molar-refractivity contribution in [1.82, 2.24) is 9.97 Å². The number of benzene rings is 8. The van der Waals surface area contributed by atoms with Crippen molar-refractivity contribution in [3.8, 4) is 56.2 Å². The van der Waals surface area contributed by atoms with Gasteiger partial charge in [0.2, 0.25) is 0 Å². The van der Waals surface area contributed by atoms with Crippen LogP contribution < -0.4 is 0 Å². The fourth-order valence-corrected chi connectivity index (χ4v) is 8.90. The highest BCUT2D eigenvalue weighted by Gasteiger charge is 2.46.